The lowest BCUT2D eigenvalue weighted by molar-refractivity contribution is -0.141. The first kappa shape index (κ1) is 13.5. The van der Waals surface area contributed by atoms with Gasteiger partial charge in [-0.25, -0.2) is 4.98 Å². The molecule has 1 fully saturated rings. The largest absolute Gasteiger partial charge is 0.340 e. The highest BCUT2D eigenvalue weighted by molar-refractivity contribution is 7.07. The van der Waals surface area contributed by atoms with Gasteiger partial charge in [-0.05, 0) is 12.8 Å². The molecule has 0 radical (unpaired) electrons. The number of nitrogens with zero attached hydrogens (tertiary/aromatic N) is 3. The number of hydrogen-bond acceptors (Lipinski definition) is 4. The Hall–Kier alpha value is -0.940. The van der Waals surface area contributed by atoms with Crippen LogP contribution in [0.4, 0.5) is 0 Å². The summed E-state index contributed by atoms with van der Waals surface area (Å²) in [4.78, 5) is 20.8. The maximum atomic E-state index is 12.3. The fourth-order valence-electron chi connectivity index (χ4n) is 2.34. The fourth-order valence-corrected chi connectivity index (χ4v) is 2.88. The summed E-state index contributed by atoms with van der Waals surface area (Å²) in [5, 5.41) is 2.05. The molecule has 0 N–H and O–H groups in total. The number of amides is 1. The molecule has 2 heterocycles. The molecule has 0 aliphatic carbocycles. The minimum atomic E-state index is -0.0285. The van der Waals surface area contributed by atoms with E-state index >= 15 is 0 Å². The molecule has 0 bridgehead atoms. The van der Waals surface area contributed by atoms with Crippen LogP contribution in [-0.4, -0.2) is 46.4 Å². The van der Waals surface area contributed by atoms with E-state index in [1.54, 1.807) is 11.3 Å². The molecule has 0 spiro atoms. The highest BCUT2D eigenvalue weighted by Gasteiger charge is 2.31. The van der Waals surface area contributed by atoms with E-state index in [4.69, 9.17) is 0 Å². The Kier molecular flexibility index (Phi) is 4.35. The van der Waals surface area contributed by atoms with Crippen LogP contribution in [0, 0.1) is 5.92 Å². The topological polar surface area (TPSA) is 36.4 Å². The smallest absolute Gasteiger partial charge is 0.239 e. The number of carbonyl (C=O) groups excluding carboxylic acids is 1. The lowest BCUT2D eigenvalue weighted by atomic mass is 10.1. The number of thiazole rings is 1. The van der Waals surface area contributed by atoms with E-state index in [1.165, 1.54) is 0 Å². The van der Waals surface area contributed by atoms with Gasteiger partial charge in [0.2, 0.25) is 5.91 Å². The Morgan fingerprint density at radius 3 is 2.89 bits per heavy atom. The molecular weight excluding hydrogens is 246 g/mol. The predicted molar refractivity (Wildman–Crippen MR) is 73.4 cm³/mol. The second-order valence-electron chi connectivity index (χ2n) is 5.30. The third-order valence-electron chi connectivity index (χ3n) is 3.31. The van der Waals surface area contributed by atoms with Gasteiger partial charge in [-0.3, -0.25) is 9.69 Å². The van der Waals surface area contributed by atoms with E-state index in [1.807, 2.05) is 17.3 Å². The number of aromatic nitrogens is 1. The first-order chi connectivity index (χ1) is 8.58. The molecule has 1 amide bonds. The molecule has 0 aromatic carbocycles. The van der Waals surface area contributed by atoms with E-state index in [9.17, 15) is 4.79 Å². The molecule has 0 unspecified atom stereocenters. The Balaban J connectivity index is 1.95. The van der Waals surface area contributed by atoms with Gasteiger partial charge in [-0.2, -0.15) is 0 Å². The minimum Gasteiger partial charge on any atom is -0.340 e. The van der Waals surface area contributed by atoms with Crippen LogP contribution in [0.3, 0.4) is 0 Å². The molecule has 18 heavy (non-hydrogen) atoms. The zero-order valence-electron chi connectivity index (χ0n) is 11.3. The van der Waals surface area contributed by atoms with E-state index < -0.39 is 0 Å². The van der Waals surface area contributed by atoms with Crippen molar-refractivity contribution in [3.63, 3.8) is 0 Å². The molecule has 1 aromatic rings. The van der Waals surface area contributed by atoms with E-state index in [-0.39, 0.29) is 11.9 Å². The van der Waals surface area contributed by atoms with Crippen molar-refractivity contribution in [1.82, 2.24) is 14.8 Å². The summed E-state index contributed by atoms with van der Waals surface area (Å²) in [6, 6.07) is -0.0285. The van der Waals surface area contributed by atoms with Crippen molar-refractivity contribution in [1.29, 1.82) is 0 Å². The molecule has 1 aliphatic heterocycles. The molecular formula is C13H21N3OS. The maximum Gasteiger partial charge on any atom is 0.239 e. The van der Waals surface area contributed by atoms with Crippen molar-refractivity contribution in [2.75, 3.05) is 19.6 Å². The van der Waals surface area contributed by atoms with Crippen LogP contribution in [0.25, 0.3) is 0 Å². The molecule has 1 aliphatic rings. The van der Waals surface area contributed by atoms with Gasteiger partial charge < -0.3 is 4.90 Å². The van der Waals surface area contributed by atoms with E-state index in [0.29, 0.717) is 5.92 Å². The average Bonchev–Trinajstić information content (AvgIpc) is 2.81. The van der Waals surface area contributed by atoms with Crippen molar-refractivity contribution in [2.24, 2.45) is 5.92 Å². The zero-order chi connectivity index (χ0) is 13.1. The highest BCUT2D eigenvalue weighted by Crippen LogP contribution is 2.16. The number of piperazine rings is 1. The summed E-state index contributed by atoms with van der Waals surface area (Å²) < 4.78 is 0. The lowest BCUT2D eigenvalue weighted by Gasteiger charge is -2.39. The molecule has 1 saturated heterocycles. The van der Waals surface area contributed by atoms with Crippen LogP contribution < -0.4 is 0 Å². The third kappa shape index (κ3) is 3.09. The van der Waals surface area contributed by atoms with Crippen LogP contribution in [0.5, 0.6) is 0 Å². The lowest BCUT2D eigenvalue weighted by Crippen LogP contribution is -2.56. The SMILES string of the molecule is CC(C)CN1CCN(Cc2cscn2)[C@H](C)C1=O. The minimum absolute atomic E-state index is 0.0285. The Morgan fingerprint density at radius 1 is 1.50 bits per heavy atom. The molecule has 4 nitrogen and oxygen atoms in total. The third-order valence-corrected chi connectivity index (χ3v) is 3.94. The first-order valence-corrected chi connectivity index (χ1v) is 7.42. The summed E-state index contributed by atoms with van der Waals surface area (Å²) in [5.41, 5.74) is 2.91. The van der Waals surface area contributed by atoms with Gasteiger partial charge in [-0.15, -0.1) is 11.3 Å². The van der Waals surface area contributed by atoms with Crippen molar-refractivity contribution in [2.45, 2.75) is 33.4 Å². The summed E-state index contributed by atoms with van der Waals surface area (Å²) in [6.07, 6.45) is 0. The van der Waals surface area contributed by atoms with Crippen molar-refractivity contribution in [3.05, 3.63) is 16.6 Å². The second kappa shape index (κ2) is 5.80. The first-order valence-electron chi connectivity index (χ1n) is 6.48. The van der Waals surface area contributed by atoms with Crippen LogP contribution in [-0.2, 0) is 11.3 Å². The van der Waals surface area contributed by atoms with Crippen molar-refractivity contribution < 1.29 is 4.79 Å². The van der Waals surface area contributed by atoms with Gasteiger partial charge >= 0.3 is 0 Å². The Labute approximate surface area is 113 Å². The molecule has 2 rings (SSSR count). The van der Waals surface area contributed by atoms with Crippen LogP contribution >= 0.6 is 11.3 Å². The number of hydrogen-bond donors (Lipinski definition) is 0. The molecule has 1 aromatic heterocycles. The summed E-state index contributed by atoms with van der Waals surface area (Å²) >= 11 is 1.61. The van der Waals surface area contributed by atoms with Crippen LogP contribution in [0.15, 0.2) is 10.9 Å². The Bertz CT molecular complexity index is 391. The van der Waals surface area contributed by atoms with Crippen LogP contribution in [0.2, 0.25) is 0 Å². The quantitative estimate of drug-likeness (QED) is 0.835. The van der Waals surface area contributed by atoms with Crippen molar-refractivity contribution in [3.8, 4) is 0 Å². The monoisotopic (exact) mass is 267 g/mol. The van der Waals surface area contributed by atoms with Gasteiger partial charge in [-0.1, -0.05) is 13.8 Å². The number of rotatable bonds is 4. The van der Waals surface area contributed by atoms with E-state index in [2.05, 4.69) is 29.1 Å². The molecule has 5 heteroatoms. The summed E-state index contributed by atoms with van der Waals surface area (Å²) in [6.45, 7) is 9.74. The van der Waals surface area contributed by atoms with E-state index in [0.717, 1.165) is 31.9 Å². The highest BCUT2D eigenvalue weighted by atomic mass is 32.1. The molecule has 0 saturated carbocycles. The normalized spacial score (nSPS) is 21.9. The predicted octanol–water partition coefficient (Wildman–Crippen LogP) is 1.83. The van der Waals surface area contributed by atoms with Crippen molar-refractivity contribution >= 4 is 17.2 Å². The maximum absolute atomic E-state index is 12.3. The van der Waals surface area contributed by atoms with Gasteiger partial charge in [0, 0.05) is 31.6 Å². The van der Waals surface area contributed by atoms with Crippen LogP contribution in [0.1, 0.15) is 26.5 Å². The standard InChI is InChI=1S/C13H21N3OS/c1-10(2)6-16-5-4-15(11(3)13(16)17)7-12-8-18-9-14-12/h8-11H,4-7H2,1-3H3/t11-/m1/s1. The number of carbonyl (C=O) groups is 1. The summed E-state index contributed by atoms with van der Waals surface area (Å²) in [5.74, 6) is 0.788. The average molecular weight is 267 g/mol. The molecule has 100 valence electrons. The molecule has 1 atom stereocenters. The van der Waals surface area contributed by atoms with Gasteiger partial charge in [0.1, 0.15) is 0 Å². The zero-order valence-corrected chi connectivity index (χ0v) is 12.1. The van der Waals surface area contributed by atoms with Gasteiger partial charge in [0.15, 0.2) is 0 Å². The summed E-state index contributed by atoms with van der Waals surface area (Å²) in [7, 11) is 0. The fraction of sp³-hybridized carbons (Fsp3) is 0.692. The van der Waals surface area contributed by atoms with Gasteiger partial charge in [0.25, 0.3) is 0 Å². The second-order valence-corrected chi connectivity index (χ2v) is 6.02. The Morgan fingerprint density at radius 2 is 2.28 bits per heavy atom. The van der Waals surface area contributed by atoms with Gasteiger partial charge in [0.05, 0.1) is 17.2 Å².